The first-order valence-corrected chi connectivity index (χ1v) is 8.63. The van der Waals surface area contributed by atoms with E-state index in [0.717, 1.165) is 6.20 Å². The molecule has 1 aliphatic rings. The van der Waals surface area contributed by atoms with Crippen LogP contribution in [0.4, 0.5) is 31.0 Å². The van der Waals surface area contributed by atoms with Gasteiger partial charge in [0, 0.05) is 32.7 Å². The highest BCUT2D eigenvalue weighted by molar-refractivity contribution is 6.28. The van der Waals surface area contributed by atoms with Gasteiger partial charge in [-0.25, -0.2) is 14.2 Å². The van der Waals surface area contributed by atoms with Crippen molar-refractivity contribution in [3.8, 4) is 0 Å². The maximum absolute atomic E-state index is 15.2. The average Bonchev–Trinajstić information content (AvgIpc) is 2.66. The zero-order valence-electron chi connectivity index (χ0n) is 14.4. The van der Waals surface area contributed by atoms with Crippen LogP contribution in [0.25, 0.3) is 0 Å². The first-order valence-electron chi connectivity index (χ1n) is 8.25. The number of aromatic nitrogens is 3. The summed E-state index contributed by atoms with van der Waals surface area (Å²) in [5.41, 5.74) is 0. The maximum atomic E-state index is 15.2. The van der Waals surface area contributed by atoms with Gasteiger partial charge in [0.2, 0.25) is 11.1 Å². The second-order valence-corrected chi connectivity index (χ2v) is 6.13. The molecule has 8 nitrogen and oxygen atoms in total. The van der Waals surface area contributed by atoms with Crippen LogP contribution in [0.5, 0.6) is 0 Å². The molecule has 1 saturated heterocycles. The highest BCUT2D eigenvalue weighted by atomic mass is 35.5. The van der Waals surface area contributed by atoms with Crippen molar-refractivity contribution < 1.29 is 18.7 Å². The van der Waals surface area contributed by atoms with E-state index in [2.05, 4.69) is 15.0 Å². The number of hydrogen-bond donors (Lipinski definition) is 1. The van der Waals surface area contributed by atoms with E-state index in [-0.39, 0.29) is 43.1 Å². The molecule has 0 atom stereocenters. The van der Waals surface area contributed by atoms with Crippen LogP contribution >= 0.6 is 11.6 Å². The summed E-state index contributed by atoms with van der Waals surface area (Å²) in [4.78, 5) is 27.3. The van der Waals surface area contributed by atoms with Crippen molar-refractivity contribution in [1.29, 1.82) is 0 Å². The predicted molar refractivity (Wildman–Crippen MR) is 95.7 cm³/mol. The number of halogens is 3. The fraction of sp³-hybridized carbons (Fsp3) is 0.375. The van der Waals surface area contributed by atoms with Crippen molar-refractivity contribution in [3.63, 3.8) is 0 Å². The summed E-state index contributed by atoms with van der Waals surface area (Å²) in [5, 5.41) is 8.88. The van der Waals surface area contributed by atoms with Crippen LogP contribution in [0.15, 0.2) is 18.3 Å². The van der Waals surface area contributed by atoms with E-state index in [9.17, 15) is 9.18 Å². The first kappa shape index (κ1) is 19.0. The molecule has 3 heterocycles. The van der Waals surface area contributed by atoms with Crippen LogP contribution in [0, 0.1) is 11.6 Å². The minimum atomic E-state index is -1.02. The SMILES string of the molecule is CCN(c1ccc(F)cn1)c1nc(Cl)nc(N2CCN(C(=O)O)CC2)c1F. The molecule has 0 aromatic carbocycles. The van der Waals surface area contributed by atoms with E-state index in [1.54, 1.807) is 11.8 Å². The maximum Gasteiger partial charge on any atom is 0.407 e. The lowest BCUT2D eigenvalue weighted by Gasteiger charge is -2.34. The van der Waals surface area contributed by atoms with Crippen LogP contribution in [0.1, 0.15) is 6.92 Å². The Morgan fingerprint density at radius 3 is 2.52 bits per heavy atom. The van der Waals surface area contributed by atoms with Crippen molar-refractivity contribution in [3.05, 3.63) is 35.2 Å². The summed E-state index contributed by atoms with van der Waals surface area (Å²) in [6, 6.07) is 2.64. The molecule has 2 aromatic rings. The largest absolute Gasteiger partial charge is 0.465 e. The van der Waals surface area contributed by atoms with E-state index < -0.39 is 17.7 Å². The van der Waals surface area contributed by atoms with Gasteiger partial charge in [0.25, 0.3) is 0 Å². The number of hydrogen-bond acceptors (Lipinski definition) is 6. The standard InChI is InChI=1S/C16H17ClF2N6O2/c1-2-25(11-4-3-10(18)9-20-11)14-12(19)13(21-15(17)22-14)23-5-7-24(8-6-23)16(26)27/h3-4,9H,2,5-8H2,1H3,(H,26,27). The molecule has 0 bridgehead atoms. The Labute approximate surface area is 159 Å². The summed E-state index contributed by atoms with van der Waals surface area (Å²) < 4.78 is 28.3. The molecule has 1 N–H and O–H groups in total. The monoisotopic (exact) mass is 398 g/mol. The van der Waals surface area contributed by atoms with Crippen molar-refractivity contribution >= 4 is 35.1 Å². The van der Waals surface area contributed by atoms with Crippen molar-refractivity contribution in [2.24, 2.45) is 0 Å². The predicted octanol–water partition coefficient (Wildman–Crippen LogP) is 2.76. The molecule has 0 saturated carbocycles. The van der Waals surface area contributed by atoms with Gasteiger partial charge in [-0.3, -0.25) is 0 Å². The number of pyridine rings is 1. The van der Waals surface area contributed by atoms with Gasteiger partial charge in [-0.15, -0.1) is 0 Å². The third-order valence-electron chi connectivity index (χ3n) is 4.20. The Hall–Kier alpha value is -2.75. The molecule has 0 radical (unpaired) electrons. The van der Waals surface area contributed by atoms with Crippen molar-refractivity contribution in [2.45, 2.75) is 6.92 Å². The number of nitrogens with zero attached hydrogens (tertiary/aromatic N) is 6. The molecule has 2 aromatic heterocycles. The van der Waals surface area contributed by atoms with Gasteiger partial charge in [-0.05, 0) is 30.7 Å². The fourth-order valence-electron chi connectivity index (χ4n) is 2.84. The lowest BCUT2D eigenvalue weighted by atomic mass is 10.3. The van der Waals surface area contributed by atoms with Crippen LogP contribution in [-0.4, -0.2) is 63.8 Å². The van der Waals surface area contributed by atoms with Gasteiger partial charge in [0.05, 0.1) is 6.20 Å². The van der Waals surface area contributed by atoms with Gasteiger partial charge in [0.15, 0.2) is 11.6 Å². The van der Waals surface area contributed by atoms with E-state index in [1.807, 2.05) is 0 Å². The van der Waals surface area contributed by atoms with E-state index in [1.165, 1.54) is 21.9 Å². The Balaban J connectivity index is 1.93. The van der Waals surface area contributed by atoms with Crippen LogP contribution in [0.3, 0.4) is 0 Å². The quantitative estimate of drug-likeness (QED) is 0.792. The van der Waals surface area contributed by atoms with E-state index in [4.69, 9.17) is 16.7 Å². The van der Waals surface area contributed by atoms with Gasteiger partial charge < -0.3 is 19.8 Å². The minimum Gasteiger partial charge on any atom is -0.465 e. The molecule has 144 valence electrons. The van der Waals surface area contributed by atoms with E-state index in [0.29, 0.717) is 12.4 Å². The normalized spacial score (nSPS) is 14.4. The van der Waals surface area contributed by atoms with Gasteiger partial charge in [-0.2, -0.15) is 14.4 Å². The molecule has 3 rings (SSSR count). The highest BCUT2D eigenvalue weighted by Crippen LogP contribution is 2.31. The van der Waals surface area contributed by atoms with Gasteiger partial charge in [0.1, 0.15) is 11.6 Å². The van der Waals surface area contributed by atoms with Crippen LogP contribution < -0.4 is 9.80 Å². The summed E-state index contributed by atoms with van der Waals surface area (Å²) in [6.07, 6.45) is 0.0149. The molecular weight excluding hydrogens is 382 g/mol. The number of carbonyl (C=O) groups is 1. The summed E-state index contributed by atoms with van der Waals surface area (Å²) in [6.45, 7) is 3.08. The fourth-order valence-corrected chi connectivity index (χ4v) is 3.00. The Morgan fingerprint density at radius 1 is 1.26 bits per heavy atom. The second-order valence-electron chi connectivity index (χ2n) is 5.79. The molecule has 1 aliphatic heterocycles. The molecule has 0 aliphatic carbocycles. The van der Waals surface area contributed by atoms with Gasteiger partial charge in [-0.1, -0.05) is 0 Å². The summed E-state index contributed by atoms with van der Waals surface area (Å²) >= 11 is 6.01. The topological polar surface area (TPSA) is 85.7 Å². The lowest BCUT2D eigenvalue weighted by molar-refractivity contribution is 0.142. The third kappa shape index (κ3) is 4.00. The molecule has 11 heteroatoms. The van der Waals surface area contributed by atoms with Crippen molar-refractivity contribution in [1.82, 2.24) is 19.9 Å². The molecule has 0 unspecified atom stereocenters. The van der Waals surface area contributed by atoms with E-state index >= 15 is 4.39 Å². The molecule has 1 amide bonds. The molecule has 0 spiro atoms. The zero-order chi connectivity index (χ0) is 19.6. The Kier molecular flexibility index (Phi) is 5.54. The summed E-state index contributed by atoms with van der Waals surface area (Å²) in [7, 11) is 0. The average molecular weight is 399 g/mol. The molecular formula is C16H17ClF2N6O2. The number of anilines is 3. The van der Waals surface area contributed by atoms with Crippen molar-refractivity contribution in [2.75, 3.05) is 42.5 Å². The van der Waals surface area contributed by atoms with Gasteiger partial charge >= 0.3 is 6.09 Å². The zero-order valence-corrected chi connectivity index (χ0v) is 15.2. The Bertz CT molecular complexity index is 830. The highest BCUT2D eigenvalue weighted by Gasteiger charge is 2.27. The first-order chi connectivity index (χ1) is 12.9. The number of amides is 1. The number of piperazine rings is 1. The summed E-state index contributed by atoms with van der Waals surface area (Å²) in [5.74, 6) is -0.971. The second kappa shape index (κ2) is 7.87. The Morgan fingerprint density at radius 2 is 1.96 bits per heavy atom. The molecule has 1 fully saturated rings. The smallest absolute Gasteiger partial charge is 0.407 e. The van der Waals surface area contributed by atoms with Crippen LogP contribution in [-0.2, 0) is 0 Å². The number of carboxylic acid groups (broad SMARTS) is 1. The number of rotatable bonds is 4. The lowest BCUT2D eigenvalue weighted by Crippen LogP contribution is -2.49. The third-order valence-corrected chi connectivity index (χ3v) is 4.37. The molecule has 27 heavy (non-hydrogen) atoms. The van der Waals surface area contributed by atoms with Crippen LogP contribution in [0.2, 0.25) is 5.28 Å². The minimum absolute atomic E-state index is 0.00407.